The van der Waals surface area contributed by atoms with E-state index in [1.807, 2.05) is 22.9 Å². The van der Waals surface area contributed by atoms with Gasteiger partial charge in [-0.2, -0.15) is 0 Å². The molecule has 1 saturated carbocycles. The third kappa shape index (κ3) is 3.39. The molecule has 0 spiro atoms. The van der Waals surface area contributed by atoms with Gasteiger partial charge in [-0.15, -0.1) is 0 Å². The maximum absolute atomic E-state index is 12.5. The van der Waals surface area contributed by atoms with Crippen molar-refractivity contribution in [2.75, 3.05) is 12.0 Å². The van der Waals surface area contributed by atoms with Gasteiger partial charge in [-0.05, 0) is 36.7 Å². The number of anilines is 1. The van der Waals surface area contributed by atoms with Crippen molar-refractivity contribution in [3.05, 3.63) is 50.8 Å². The van der Waals surface area contributed by atoms with Crippen molar-refractivity contribution in [1.82, 2.24) is 19.4 Å². The molecule has 0 radical (unpaired) electrons. The summed E-state index contributed by atoms with van der Waals surface area (Å²) >= 11 is 5.41. The number of aromatic nitrogens is 3. The Balaban J connectivity index is 1.65. The summed E-state index contributed by atoms with van der Waals surface area (Å²) in [6, 6.07) is 4.50. The van der Waals surface area contributed by atoms with Crippen molar-refractivity contribution in [3.63, 3.8) is 0 Å². The highest BCUT2D eigenvalue weighted by molar-refractivity contribution is 7.71. The molecule has 0 aromatic carbocycles. The first kappa shape index (κ1) is 16.5. The zero-order valence-electron chi connectivity index (χ0n) is 14.2. The molecule has 7 heteroatoms. The smallest absolute Gasteiger partial charge is 0.258 e. The molecule has 0 unspecified atom stereocenters. The van der Waals surface area contributed by atoms with Crippen molar-refractivity contribution in [3.8, 4) is 0 Å². The van der Waals surface area contributed by atoms with Crippen LogP contribution in [0.3, 0.4) is 0 Å². The molecule has 25 heavy (non-hydrogen) atoms. The van der Waals surface area contributed by atoms with Crippen LogP contribution in [0, 0.1) is 4.77 Å². The fraction of sp³-hybridized carbons (Fsp3) is 0.500. The lowest BCUT2D eigenvalue weighted by atomic mass is 9.94. The van der Waals surface area contributed by atoms with Gasteiger partial charge < -0.3 is 9.88 Å². The summed E-state index contributed by atoms with van der Waals surface area (Å²) in [7, 11) is 0. The fourth-order valence-electron chi connectivity index (χ4n) is 3.93. The van der Waals surface area contributed by atoms with Crippen LogP contribution in [0.2, 0.25) is 0 Å². The number of nitrogens with one attached hydrogen (secondary N) is 2. The molecule has 2 aliphatic rings. The van der Waals surface area contributed by atoms with Crippen LogP contribution in [0.1, 0.15) is 43.2 Å². The van der Waals surface area contributed by atoms with Crippen molar-refractivity contribution < 1.29 is 0 Å². The number of nitrogens with zero attached hydrogens (tertiary/aromatic N) is 3. The molecule has 4 rings (SSSR count). The molecule has 1 fully saturated rings. The van der Waals surface area contributed by atoms with E-state index >= 15 is 0 Å². The molecule has 6 nitrogen and oxygen atoms in total. The first-order valence-electron chi connectivity index (χ1n) is 8.95. The Morgan fingerprint density at radius 2 is 2.12 bits per heavy atom. The van der Waals surface area contributed by atoms with Gasteiger partial charge in [0.2, 0.25) is 0 Å². The van der Waals surface area contributed by atoms with Gasteiger partial charge in [-0.25, -0.2) is 0 Å². The highest BCUT2D eigenvalue weighted by atomic mass is 32.1. The van der Waals surface area contributed by atoms with Crippen LogP contribution in [0.15, 0.2) is 29.3 Å². The number of fused-ring (bicyclic) bond motifs is 1. The summed E-state index contributed by atoms with van der Waals surface area (Å²) in [4.78, 5) is 21.9. The Hall–Kier alpha value is -1.99. The van der Waals surface area contributed by atoms with E-state index in [2.05, 4.69) is 20.2 Å². The van der Waals surface area contributed by atoms with Crippen molar-refractivity contribution in [2.24, 2.45) is 0 Å². The van der Waals surface area contributed by atoms with E-state index in [9.17, 15) is 4.79 Å². The lowest BCUT2D eigenvalue weighted by Crippen LogP contribution is -2.45. The average Bonchev–Trinajstić information content (AvgIpc) is 2.66. The van der Waals surface area contributed by atoms with Gasteiger partial charge in [0.15, 0.2) is 4.77 Å². The molecule has 1 aliphatic carbocycles. The summed E-state index contributed by atoms with van der Waals surface area (Å²) < 4.78 is 2.42. The summed E-state index contributed by atoms with van der Waals surface area (Å²) in [5.41, 5.74) is 1.77. The van der Waals surface area contributed by atoms with Gasteiger partial charge >= 0.3 is 0 Å². The highest BCUT2D eigenvalue weighted by Gasteiger charge is 2.27. The monoisotopic (exact) mass is 357 g/mol. The third-order valence-electron chi connectivity index (χ3n) is 5.26. The quantitative estimate of drug-likeness (QED) is 0.827. The Bertz CT molecular complexity index is 854. The maximum Gasteiger partial charge on any atom is 0.258 e. The topological polar surface area (TPSA) is 66.0 Å². The summed E-state index contributed by atoms with van der Waals surface area (Å²) in [6.45, 7) is 2.05. The molecule has 3 heterocycles. The van der Waals surface area contributed by atoms with Gasteiger partial charge in [-0.1, -0.05) is 25.3 Å². The first-order valence-corrected chi connectivity index (χ1v) is 9.36. The van der Waals surface area contributed by atoms with Crippen LogP contribution in [0.4, 0.5) is 5.82 Å². The standard InChI is InChI=1S/C18H23N5OS/c24-17-15-11-22(14-6-2-1-3-7-14)12-20-16(15)23(18(25)21-17)10-13-5-4-8-19-9-13/h4-5,8-9,14,20H,1-3,6-7,10-12H2,(H,21,24,25). The minimum Gasteiger partial charge on any atom is -0.358 e. The van der Waals surface area contributed by atoms with Crippen molar-refractivity contribution in [1.29, 1.82) is 0 Å². The van der Waals surface area contributed by atoms with Crippen molar-refractivity contribution >= 4 is 18.0 Å². The zero-order valence-corrected chi connectivity index (χ0v) is 15.0. The van der Waals surface area contributed by atoms with Crippen LogP contribution < -0.4 is 10.9 Å². The lowest BCUT2D eigenvalue weighted by Gasteiger charge is -2.38. The van der Waals surface area contributed by atoms with E-state index in [1.165, 1.54) is 32.1 Å². The van der Waals surface area contributed by atoms with E-state index in [1.54, 1.807) is 6.20 Å². The van der Waals surface area contributed by atoms with Crippen molar-refractivity contribution in [2.45, 2.75) is 51.2 Å². The second kappa shape index (κ2) is 7.09. The number of hydrogen-bond donors (Lipinski definition) is 2. The number of rotatable bonds is 3. The minimum atomic E-state index is -0.0737. The predicted molar refractivity (Wildman–Crippen MR) is 100 cm³/mol. The zero-order chi connectivity index (χ0) is 17.2. The van der Waals surface area contributed by atoms with Gasteiger partial charge in [-0.3, -0.25) is 19.7 Å². The summed E-state index contributed by atoms with van der Waals surface area (Å²) in [5, 5.41) is 3.46. The molecule has 1 aliphatic heterocycles. The first-order chi connectivity index (χ1) is 12.2. The maximum atomic E-state index is 12.5. The molecular formula is C18H23N5OS. The van der Waals surface area contributed by atoms with Gasteiger partial charge in [0.25, 0.3) is 5.56 Å². The number of hydrogen-bond acceptors (Lipinski definition) is 5. The third-order valence-corrected chi connectivity index (χ3v) is 5.58. The molecule has 0 amide bonds. The molecule has 0 saturated heterocycles. The van der Waals surface area contributed by atoms with E-state index in [-0.39, 0.29) is 5.56 Å². The minimum absolute atomic E-state index is 0.0737. The number of aromatic amines is 1. The molecule has 2 N–H and O–H groups in total. The summed E-state index contributed by atoms with van der Waals surface area (Å²) in [6.07, 6.45) is 9.95. The van der Waals surface area contributed by atoms with E-state index < -0.39 is 0 Å². The fourth-order valence-corrected chi connectivity index (χ4v) is 4.17. The second-order valence-corrected chi connectivity index (χ2v) is 7.29. The molecule has 132 valence electrons. The molecule has 0 bridgehead atoms. The van der Waals surface area contributed by atoms with Crippen LogP contribution in [0.25, 0.3) is 0 Å². The average molecular weight is 357 g/mol. The van der Waals surface area contributed by atoms with Gasteiger partial charge in [0.1, 0.15) is 5.82 Å². The molecule has 0 atom stereocenters. The Morgan fingerprint density at radius 3 is 2.88 bits per heavy atom. The van der Waals surface area contributed by atoms with Gasteiger partial charge in [0, 0.05) is 25.0 Å². The van der Waals surface area contributed by atoms with E-state index in [0.717, 1.165) is 23.6 Å². The van der Waals surface area contributed by atoms with Crippen LogP contribution in [-0.2, 0) is 13.1 Å². The van der Waals surface area contributed by atoms with E-state index in [4.69, 9.17) is 12.2 Å². The Labute approximate surface area is 151 Å². The number of H-pyrrole nitrogens is 1. The molecular weight excluding hydrogens is 334 g/mol. The van der Waals surface area contributed by atoms with Gasteiger partial charge in [0.05, 0.1) is 18.8 Å². The van der Waals surface area contributed by atoms with Crippen LogP contribution in [-0.4, -0.2) is 32.1 Å². The second-order valence-electron chi connectivity index (χ2n) is 6.91. The van der Waals surface area contributed by atoms with Crippen LogP contribution >= 0.6 is 12.2 Å². The normalized spacial score (nSPS) is 18.6. The Kier molecular flexibility index (Phi) is 4.67. The Morgan fingerprint density at radius 1 is 1.28 bits per heavy atom. The van der Waals surface area contributed by atoms with E-state index in [0.29, 0.717) is 23.9 Å². The predicted octanol–water partition coefficient (Wildman–Crippen LogP) is 2.87. The lowest BCUT2D eigenvalue weighted by molar-refractivity contribution is 0.152. The SMILES string of the molecule is O=c1[nH]c(=S)n(Cc2cccnc2)c2c1CN(C1CCCCC1)CN2. The largest absolute Gasteiger partial charge is 0.358 e. The molecule has 2 aromatic rings. The summed E-state index contributed by atoms with van der Waals surface area (Å²) in [5.74, 6) is 0.852. The molecule has 2 aromatic heterocycles. The van der Waals surface area contributed by atoms with Crippen LogP contribution in [0.5, 0.6) is 0 Å². The number of pyridine rings is 1. The highest BCUT2D eigenvalue weighted by Crippen LogP contribution is 2.27.